The number of benzene rings is 1. The molecule has 0 atom stereocenters. The minimum Gasteiger partial charge on any atom is -0.353 e. The highest BCUT2D eigenvalue weighted by Crippen LogP contribution is 2.19. The van der Waals surface area contributed by atoms with Crippen LogP contribution in [0.5, 0.6) is 0 Å². The first-order valence-corrected chi connectivity index (χ1v) is 10.9. The summed E-state index contributed by atoms with van der Waals surface area (Å²) in [5.74, 6) is 1.94. The Morgan fingerprint density at radius 2 is 1.75 bits per heavy atom. The number of aromatic nitrogens is 4. The van der Waals surface area contributed by atoms with Crippen LogP contribution < -0.4 is 16.0 Å². The molecular weight excluding hydrogens is 408 g/mol. The van der Waals surface area contributed by atoms with Crippen molar-refractivity contribution in [3.8, 4) is 0 Å². The van der Waals surface area contributed by atoms with E-state index in [1.54, 1.807) is 29.2 Å². The molecular formula is C23H28N6O3. The molecule has 0 bridgehead atoms. The second-order valence-corrected chi connectivity index (χ2v) is 8.44. The Bertz CT molecular complexity index is 1250. The third-order valence-corrected chi connectivity index (χ3v) is 5.76. The number of carbonyl (C=O) groups is 1. The van der Waals surface area contributed by atoms with Gasteiger partial charge in [-0.2, -0.15) is 0 Å². The van der Waals surface area contributed by atoms with Gasteiger partial charge in [-0.05, 0) is 19.1 Å². The fourth-order valence-corrected chi connectivity index (χ4v) is 3.95. The second-order valence-electron chi connectivity index (χ2n) is 8.44. The maximum atomic E-state index is 12.7. The lowest BCUT2D eigenvalue weighted by molar-refractivity contribution is -0.131. The summed E-state index contributed by atoms with van der Waals surface area (Å²) in [6.45, 7) is 8.80. The molecule has 0 radical (unpaired) electrons. The molecule has 0 saturated carbocycles. The van der Waals surface area contributed by atoms with Gasteiger partial charge >= 0.3 is 0 Å². The predicted octanol–water partition coefficient (Wildman–Crippen LogP) is 1.65. The van der Waals surface area contributed by atoms with Crippen molar-refractivity contribution in [3.05, 3.63) is 62.6 Å². The summed E-state index contributed by atoms with van der Waals surface area (Å²) in [7, 11) is 0. The van der Waals surface area contributed by atoms with Crippen LogP contribution in [0.4, 0.5) is 5.82 Å². The molecule has 3 heterocycles. The third-order valence-electron chi connectivity index (χ3n) is 5.76. The third kappa shape index (κ3) is 4.42. The molecule has 9 heteroatoms. The fourth-order valence-electron chi connectivity index (χ4n) is 3.95. The molecule has 1 N–H and O–H groups in total. The number of H-pyrrole nitrogens is 1. The van der Waals surface area contributed by atoms with Gasteiger partial charge in [0.1, 0.15) is 11.6 Å². The Kier molecular flexibility index (Phi) is 6.07. The number of aryl methyl sites for hydroxylation is 2. The smallest absolute Gasteiger partial charge is 0.273 e. The van der Waals surface area contributed by atoms with E-state index in [2.05, 4.69) is 33.8 Å². The van der Waals surface area contributed by atoms with Gasteiger partial charge in [-0.25, -0.2) is 14.6 Å². The maximum Gasteiger partial charge on any atom is 0.273 e. The lowest BCUT2D eigenvalue weighted by atomic mass is 10.2. The quantitative estimate of drug-likeness (QED) is 0.652. The monoisotopic (exact) mass is 436 g/mol. The first kappa shape index (κ1) is 21.7. The van der Waals surface area contributed by atoms with Gasteiger partial charge in [-0.15, -0.1) is 0 Å². The van der Waals surface area contributed by atoms with Gasteiger partial charge < -0.3 is 9.80 Å². The highest BCUT2D eigenvalue weighted by Gasteiger charge is 2.23. The first-order valence-electron chi connectivity index (χ1n) is 10.9. The van der Waals surface area contributed by atoms with Crippen LogP contribution >= 0.6 is 0 Å². The molecule has 168 valence electrons. The first-order chi connectivity index (χ1) is 15.3. The fraction of sp³-hybridized carbons (Fsp3) is 0.435. The van der Waals surface area contributed by atoms with E-state index in [0.29, 0.717) is 37.0 Å². The summed E-state index contributed by atoms with van der Waals surface area (Å²) < 4.78 is 1.23. The molecule has 1 saturated heterocycles. The molecule has 0 aliphatic carbocycles. The van der Waals surface area contributed by atoms with Crippen LogP contribution in [0.25, 0.3) is 10.8 Å². The summed E-state index contributed by atoms with van der Waals surface area (Å²) in [5, 5.41) is 3.30. The molecule has 1 amide bonds. The Morgan fingerprint density at radius 1 is 1.06 bits per heavy atom. The lowest BCUT2D eigenvalue weighted by Gasteiger charge is -2.35. The molecule has 9 nitrogen and oxygen atoms in total. The normalized spacial score (nSPS) is 14.4. The van der Waals surface area contributed by atoms with E-state index in [9.17, 15) is 14.4 Å². The van der Waals surface area contributed by atoms with Crippen LogP contribution in [0.1, 0.15) is 37.7 Å². The van der Waals surface area contributed by atoms with Gasteiger partial charge in [0.15, 0.2) is 0 Å². The number of piperazine rings is 1. The number of hydrogen-bond donors (Lipinski definition) is 1. The van der Waals surface area contributed by atoms with Crippen molar-refractivity contribution in [1.29, 1.82) is 0 Å². The van der Waals surface area contributed by atoms with Crippen LogP contribution in [0, 0.1) is 6.92 Å². The van der Waals surface area contributed by atoms with Crippen molar-refractivity contribution in [2.45, 2.75) is 39.7 Å². The van der Waals surface area contributed by atoms with Crippen LogP contribution in [-0.2, 0) is 11.3 Å². The van der Waals surface area contributed by atoms with Crippen LogP contribution in [0.15, 0.2) is 39.9 Å². The number of nitrogens with one attached hydrogen (secondary N) is 1. The van der Waals surface area contributed by atoms with Crippen molar-refractivity contribution in [2.24, 2.45) is 0 Å². The SMILES string of the molecule is Cc1cc(N2CCN(C(=O)CCn3[nH]c(=O)c4ccccc4c3=O)CC2)nc(C(C)C)n1. The zero-order chi connectivity index (χ0) is 22.8. The Labute approximate surface area is 185 Å². The van der Waals surface area contributed by atoms with Crippen molar-refractivity contribution in [2.75, 3.05) is 31.1 Å². The number of aromatic amines is 1. The minimum atomic E-state index is -0.331. The van der Waals surface area contributed by atoms with Crippen LogP contribution in [0.3, 0.4) is 0 Å². The standard InChI is InChI=1S/C23H28N6O3/c1-15(2)21-24-16(3)14-19(25-21)27-10-12-28(13-11-27)20(30)8-9-29-23(32)18-7-5-4-6-17(18)22(31)26-29/h4-7,14-15H,8-13H2,1-3H3,(H,26,31). The number of amides is 1. The highest BCUT2D eigenvalue weighted by atomic mass is 16.2. The van der Waals surface area contributed by atoms with Crippen molar-refractivity contribution in [3.63, 3.8) is 0 Å². The second kappa shape index (κ2) is 8.94. The summed E-state index contributed by atoms with van der Waals surface area (Å²) in [4.78, 5) is 50.8. The van der Waals surface area contributed by atoms with E-state index in [1.807, 2.05) is 13.0 Å². The molecule has 1 aromatic carbocycles. The molecule has 1 aliphatic heterocycles. The number of anilines is 1. The summed E-state index contributed by atoms with van der Waals surface area (Å²) in [5.41, 5.74) is 0.312. The Hall–Kier alpha value is -3.49. The van der Waals surface area contributed by atoms with Gasteiger partial charge in [0.05, 0.1) is 17.3 Å². The van der Waals surface area contributed by atoms with E-state index in [4.69, 9.17) is 0 Å². The summed E-state index contributed by atoms with van der Waals surface area (Å²) >= 11 is 0. The largest absolute Gasteiger partial charge is 0.353 e. The Morgan fingerprint density at radius 3 is 2.44 bits per heavy atom. The lowest BCUT2D eigenvalue weighted by Crippen LogP contribution is -2.49. The molecule has 0 unspecified atom stereocenters. The molecule has 2 aromatic heterocycles. The number of nitrogens with zero attached hydrogens (tertiary/aromatic N) is 5. The molecule has 4 rings (SSSR count). The van der Waals surface area contributed by atoms with Gasteiger partial charge in [-0.1, -0.05) is 26.0 Å². The minimum absolute atomic E-state index is 0.0349. The van der Waals surface area contributed by atoms with Crippen molar-refractivity contribution < 1.29 is 4.79 Å². The topological polar surface area (TPSA) is 104 Å². The molecule has 3 aromatic rings. The number of fused-ring (bicyclic) bond motifs is 1. The van der Waals surface area contributed by atoms with E-state index in [-0.39, 0.29) is 35.9 Å². The zero-order valence-corrected chi connectivity index (χ0v) is 18.7. The van der Waals surface area contributed by atoms with E-state index in [1.165, 1.54) is 4.68 Å². The van der Waals surface area contributed by atoms with Gasteiger partial charge in [-0.3, -0.25) is 19.5 Å². The predicted molar refractivity (Wildman–Crippen MR) is 123 cm³/mol. The maximum absolute atomic E-state index is 12.7. The molecule has 1 aliphatic rings. The van der Waals surface area contributed by atoms with E-state index >= 15 is 0 Å². The number of rotatable bonds is 5. The Balaban J connectivity index is 1.39. The summed E-state index contributed by atoms with van der Waals surface area (Å²) in [6.07, 6.45) is 0.151. The van der Waals surface area contributed by atoms with Crippen LogP contribution in [-0.4, -0.2) is 56.7 Å². The highest BCUT2D eigenvalue weighted by molar-refractivity contribution is 5.80. The zero-order valence-electron chi connectivity index (χ0n) is 18.7. The van der Waals surface area contributed by atoms with Gasteiger partial charge in [0, 0.05) is 50.3 Å². The van der Waals surface area contributed by atoms with E-state index < -0.39 is 0 Å². The average Bonchev–Trinajstić information content (AvgIpc) is 2.80. The van der Waals surface area contributed by atoms with Crippen molar-refractivity contribution >= 4 is 22.5 Å². The summed E-state index contributed by atoms with van der Waals surface area (Å²) in [6, 6.07) is 8.67. The van der Waals surface area contributed by atoms with Gasteiger partial charge in [0.25, 0.3) is 11.1 Å². The van der Waals surface area contributed by atoms with Gasteiger partial charge in [0.2, 0.25) is 5.91 Å². The molecule has 32 heavy (non-hydrogen) atoms. The molecule has 0 spiro atoms. The van der Waals surface area contributed by atoms with Crippen LogP contribution in [0.2, 0.25) is 0 Å². The molecule has 1 fully saturated rings. The van der Waals surface area contributed by atoms with E-state index in [0.717, 1.165) is 17.3 Å². The number of carbonyl (C=O) groups excluding carboxylic acids is 1. The average molecular weight is 437 g/mol. The number of hydrogen-bond acceptors (Lipinski definition) is 6. The van der Waals surface area contributed by atoms with Crippen molar-refractivity contribution in [1.82, 2.24) is 24.6 Å².